The van der Waals surface area contributed by atoms with Gasteiger partial charge in [0.15, 0.2) is 0 Å². The number of benzene rings is 2. The van der Waals surface area contributed by atoms with Gasteiger partial charge in [-0.1, -0.05) is 6.07 Å². The van der Waals surface area contributed by atoms with E-state index in [0.717, 1.165) is 0 Å². The number of carbonyl (C=O) groups is 3. The Balaban J connectivity index is 1.95. The summed E-state index contributed by atoms with van der Waals surface area (Å²) < 4.78 is 5.18. The van der Waals surface area contributed by atoms with Crippen LogP contribution in [-0.4, -0.2) is 31.4 Å². The summed E-state index contributed by atoms with van der Waals surface area (Å²) in [5.41, 5.74) is 1.94. The van der Waals surface area contributed by atoms with Crippen molar-refractivity contribution in [2.24, 2.45) is 0 Å². The Hall–Kier alpha value is -3.35. The molecule has 0 aliphatic heterocycles. The SMILES string of the molecule is COc1cccc(N(CCC(=O)Nc2ccc(NC(C)=O)cc2)C(C)=O)c1. The first kappa shape index (κ1) is 20.0. The lowest BCUT2D eigenvalue weighted by Gasteiger charge is -2.21. The molecule has 27 heavy (non-hydrogen) atoms. The fourth-order valence-electron chi connectivity index (χ4n) is 2.52. The molecule has 3 amide bonds. The van der Waals surface area contributed by atoms with Gasteiger partial charge in [-0.05, 0) is 36.4 Å². The van der Waals surface area contributed by atoms with Crippen molar-refractivity contribution in [1.29, 1.82) is 0 Å². The van der Waals surface area contributed by atoms with Crippen LogP contribution < -0.4 is 20.3 Å². The molecule has 0 aliphatic carbocycles. The highest BCUT2D eigenvalue weighted by Gasteiger charge is 2.14. The van der Waals surface area contributed by atoms with E-state index >= 15 is 0 Å². The van der Waals surface area contributed by atoms with Crippen molar-refractivity contribution in [2.45, 2.75) is 20.3 Å². The normalized spacial score (nSPS) is 10.0. The first-order chi connectivity index (χ1) is 12.9. The standard InChI is InChI=1S/C20H23N3O4/c1-14(24)21-16-7-9-17(10-8-16)22-20(26)11-12-23(15(2)25)18-5-4-6-19(13-18)27-3/h4-10,13H,11-12H2,1-3H3,(H,21,24)(H,22,26). The van der Waals surface area contributed by atoms with Crippen LogP contribution in [0.2, 0.25) is 0 Å². The molecule has 2 rings (SSSR count). The Morgan fingerprint density at radius 3 is 2.15 bits per heavy atom. The number of hydrogen-bond acceptors (Lipinski definition) is 4. The van der Waals surface area contributed by atoms with Crippen molar-refractivity contribution in [3.8, 4) is 5.75 Å². The molecular formula is C20H23N3O4. The number of rotatable bonds is 7. The molecule has 0 heterocycles. The Kier molecular flexibility index (Phi) is 6.93. The summed E-state index contributed by atoms with van der Waals surface area (Å²) in [7, 11) is 1.56. The van der Waals surface area contributed by atoms with Gasteiger partial charge in [-0.3, -0.25) is 14.4 Å². The second-order valence-electron chi connectivity index (χ2n) is 5.93. The van der Waals surface area contributed by atoms with Gasteiger partial charge in [-0.2, -0.15) is 0 Å². The van der Waals surface area contributed by atoms with E-state index < -0.39 is 0 Å². The van der Waals surface area contributed by atoms with E-state index in [9.17, 15) is 14.4 Å². The van der Waals surface area contributed by atoms with Gasteiger partial charge in [0.1, 0.15) is 5.75 Å². The highest BCUT2D eigenvalue weighted by atomic mass is 16.5. The number of nitrogens with zero attached hydrogens (tertiary/aromatic N) is 1. The quantitative estimate of drug-likeness (QED) is 0.785. The predicted octanol–water partition coefficient (Wildman–Crippen LogP) is 3.04. The lowest BCUT2D eigenvalue weighted by Crippen LogP contribution is -2.31. The van der Waals surface area contributed by atoms with E-state index in [1.165, 1.54) is 18.7 Å². The summed E-state index contributed by atoms with van der Waals surface area (Å²) in [5.74, 6) is 0.114. The first-order valence-electron chi connectivity index (χ1n) is 8.48. The zero-order chi connectivity index (χ0) is 19.8. The molecule has 7 nitrogen and oxygen atoms in total. The average Bonchev–Trinajstić information content (AvgIpc) is 2.63. The summed E-state index contributed by atoms with van der Waals surface area (Å²) in [5, 5.41) is 5.44. The highest BCUT2D eigenvalue weighted by molar-refractivity contribution is 5.95. The number of ether oxygens (including phenoxy) is 1. The molecule has 0 fully saturated rings. The smallest absolute Gasteiger partial charge is 0.226 e. The topological polar surface area (TPSA) is 87.7 Å². The Morgan fingerprint density at radius 2 is 1.59 bits per heavy atom. The van der Waals surface area contributed by atoms with Crippen molar-refractivity contribution in [3.63, 3.8) is 0 Å². The summed E-state index contributed by atoms with van der Waals surface area (Å²) in [6.07, 6.45) is 0.143. The van der Waals surface area contributed by atoms with Gasteiger partial charge in [0, 0.05) is 49.9 Å². The van der Waals surface area contributed by atoms with Crippen molar-refractivity contribution >= 4 is 34.8 Å². The molecule has 142 valence electrons. The van der Waals surface area contributed by atoms with Crippen LogP contribution in [0, 0.1) is 0 Å². The molecule has 0 atom stereocenters. The van der Waals surface area contributed by atoms with Crippen LogP contribution in [0.15, 0.2) is 48.5 Å². The molecule has 2 N–H and O–H groups in total. The monoisotopic (exact) mass is 369 g/mol. The predicted molar refractivity (Wildman–Crippen MR) is 105 cm³/mol. The molecule has 0 bridgehead atoms. The average molecular weight is 369 g/mol. The zero-order valence-corrected chi connectivity index (χ0v) is 15.6. The summed E-state index contributed by atoms with van der Waals surface area (Å²) >= 11 is 0. The van der Waals surface area contributed by atoms with Crippen molar-refractivity contribution < 1.29 is 19.1 Å². The number of carbonyl (C=O) groups excluding carboxylic acids is 3. The maximum absolute atomic E-state index is 12.2. The van der Waals surface area contributed by atoms with E-state index in [2.05, 4.69) is 10.6 Å². The molecule has 0 unspecified atom stereocenters. The van der Waals surface area contributed by atoms with Gasteiger partial charge in [0.2, 0.25) is 17.7 Å². The van der Waals surface area contributed by atoms with Crippen LogP contribution in [0.1, 0.15) is 20.3 Å². The van der Waals surface area contributed by atoms with Crippen molar-refractivity contribution in [1.82, 2.24) is 0 Å². The number of anilines is 3. The molecule has 0 radical (unpaired) electrons. The minimum Gasteiger partial charge on any atom is -0.497 e. The molecule has 0 aromatic heterocycles. The zero-order valence-electron chi connectivity index (χ0n) is 15.6. The lowest BCUT2D eigenvalue weighted by atomic mass is 10.2. The Labute approximate surface area is 158 Å². The van der Waals surface area contributed by atoms with E-state index in [0.29, 0.717) is 22.8 Å². The Bertz CT molecular complexity index is 818. The molecule has 0 spiro atoms. The number of amides is 3. The minimum atomic E-state index is -0.212. The Morgan fingerprint density at radius 1 is 0.963 bits per heavy atom. The molecule has 2 aromatic rings. The van der Waals surface area contributed by atoms with Crippen LogP contribution in [0.25, 0.3) is 0 Å². The van der Waals surface area contributed by atoms with Crippen molar-refractivity contribution in [2.75, 3.05) is 29.2 Å². The van der Waals surface area contributed by atoms with E-state index in [1.807, 2.05) is 0 Å². The molecule has 7 heteroatoms. The van der Waals surface area contributed by atoms with Crippen LogP contribution in [0.4, 0.5) is 17.1 Å². The summed E-state index contributed by atoms with van der Waals surface area (Å²) in [4.78, 5) is 36.7. The third-order valence-corrected chi connectivity index (χ3v) is 3.80. The van der Waals surface area contributed by atoms with Crippen LogP contribution >= 0.6 is 0 Å². The van der Waals surface area contributed by atoms with Gasteiger partial charge in [-0.15, -0.1) is 0 Å². The van der Waals surface area contributed by atoms with Gasteiger partial charge in [-0.25, -0.2) is 0 Å². The second kappa shape index (κ2) is 9.38. The number of nitrogens with one attached hydrogen (secondary N) is 2. The summed E-state index contributed by atoms with van der Waals surface area (Å²) in [6.45, 7) is 3.13. The van der Waals surface area contributed by atoms with Gasteiger partial charge in [0.25, 0.3) is 0 Å². The third-order valence-electron chi connectivity index (χ3n) is 3.80. The maximum Gasteiger partial charge on any atom is 0.226 e. The molecule has 0 saturated heterocycles. The molecular weight excluding hydrogens is 346 g/mol. The van der Waals surface area contributed by atoms with Gasteiger partial charge >= 0.3 is 0 Å². The van der Waals surface area contributed by atoms with Crippen LogP contribution in [0.5, 0.6) is 5.75 Å². The molecule has 0 aliphatic rings. The minimum absolute atomic E-state index is 0.143. The third kappa shape index (κ3) is 6.14. The lowest BCUT2D eigenvalue weighted by molar-refractivity contribution is -0.117. The molecule has 2 aromatic carbocycles. The maximum atomic E-state index is 12.2. The fraction of sp³-hybridized carbons (Fsp3) is 0.250. The number of methoxy groups -OCH3 is 1. The fourth-order valence-corrected chi connectivity index (χ4v) is 2.52. The van der Waals surface area contributed by atoms with Crippen LogP contribution in [0.3, 0.4) is 0 Å². The highest BCUT2D eigenvalue weighted by Crippen LogP contribution is 2.21. The van der Waals surface area contributed by atoms with E-state index in [-0.39, 0.29) is 30.7 Å². The number of hydrogen-bond donors (Lipinski definition) is 2. The largest absolute Gasteiger partial charge is 0.497 e. The molecule has 0 saturated carbocycles. The second-order valence-corrected chi connectivity index (χ2v) is 5.93. The van der Waals surface area contributed by atoms with Gasteiger partial charge in [0.05, 0.1) is 7.11 Å². The summed E-state index contributed by atoms with van der Waals surface area (Å²) in [6, 6.07) is 13.9. The first-order valence-corrected chi connectivity index (χ1v) is 8.48. The van der Waals surface area contributed by atoms with E-state index in [4.69, 9.17) is 4.74 Å². The van der Waals surface area contributed by atoms with Gasteiger partial charge < -0.3 is 20.3 Å². The van der Waals surface area contributed by atoms with Crippen LogP contribution in [-0.2, 0) is 14.4 Å². The van der Waals surface area contributed by atoms with Crippen molar-refractivity contribution in [3.05, 3.63) is 48.5 Å². The van der Waals surface area contributed by atoms with E-state index in [1.54, 1.807) is 55.6 Å².